The summed E-state index contributed by atoms with van der Waals surface area (Å²) in [5, 5.41) is 0.764. The lowest BCUT2D eigenvalue weighted by Gasteiger charge is -2.39. The number of benzene rings is 1. The lowest BCUT2D eigenvalue weighted by atomic mass is 9.90. The maximum Gasteiger partial charge on any atom is 0.214 e. The van der Waals surface area contributed by atoms with Crippen molar-refractivity contribution in [2.75, 3.05) is 46.1 Å². The number of nitrogens with zero attached hydrogens (tertiary/aromatic N) is 5. The average molecular weight is 505 g/mol. The van der Waals surface area contributed by atoms with E-state index in [0.29, 0.717) is 24.9 Å². The Kier molecular flexibility index (Phi) is 7.36. The predicted molar refractivity (Wildman–Crippen MR) is 138 cm³/mol. The monoisotopic (exact) mass is 504 g/mol. The third-order valence-corrected chi connectivity index (χ3v) is 8.89. The molecule has 1 fully saturated rings. The Bertz CT molecular complexity index is 1200. The van der Waals surface area contributed by atoms with Crippen LogP contribution in [-0.2, 0) is 16.4 Å². The molecule has 4 rings (SSSR count). The molecule has 0 saturated carbocycles. The van der Waals surface area contributed by atoms with Crippen molar-refractivity contribution in [2.45, 2.75) is 32.2 Å². The van der Waals surface area contributed by atoms with E-state index >= 15 is 0 Å². The molecule has 1 aromatic carbocycles. The van der Waals surface area contributed by atoms with Crippen molar-refractivity contribution in [1.82, 2.24) is 14.2 Å². The number of aromatic nitrogens is 1. The molecule has 2 aliphatic rings. The minimum Gasteiger partial charge on any atom is -0.492 e. The number of amidine groups is 1. The van der Waals surface area contributed by atoms with Gasteiger partial charge in [-0.15, -0.1) is 11.3 Å². The number of likely N-dealkylation sites (tertiary alicyclic amines) is 1. The number of ether oxygens (including phenoxy) is 1. The predicted octanol–water partition coefficient (Wildman–Crippen LogP) is 2.18. The highest BCUT2D eigenvalue weighted by atomic mass is 32.2. The average Bonchev–Trinajstić information content (AvgIpc) is 3.08. The molecule has 34 heavy (non-hydrogen) atoms. The second-order valence-corrected chi connectivity index (χ2v) is 12.4. The van der Waals surface area contributed by atoms with E-state index in [-0.39, 0.29) is 11.8 Å². The molecule has 9 nitrogen and oxygen atoms in total. The summed E-state index contributed by atoms with van der Waals surface area (Å²) in [7, 11) is -0.0224. The number of sulfonamides is 1. The van der Waals surface area contributed by atoms with Crippen LogP contribution in [-0.4, -0.2) is 86.9 Å². The molecule has 0 amide bonds. The molecule has 0 bridgehead atoms. The molecule has 0 unspecified atom stereocenters. The van der Waals surface area contributed by atoms with Crippen molar-refractivity contribution in [1.29, 1.82) is 0 Å². The van der Waals surface area contributed by atoms with Gasteiger partial charge in [-0.1, -0.05) is 6.07 Å². The summed E-state index contributed by atoms with van der Waals surface area (Å²) in [5.74, 6) is 1.91. The van der Waals surface area contributed by atoms with Gasteiger partial charge in [-0.3, -0.25) is 4.99 Å². The van der Waals surface area contributed by atoms with Crippen molar-refractivity contribution < 1.29 is 13.2 Å². The van der Waals surface area contributed by atoms with Gasteiger partial charge in [0.1, 0.15) is 5.75 Å². The van der Waals surface area contributed by atoms with Crippen LogP contribution < -0.4 is 10.5 Å². The molecule has 11 heteroatoms. The third kappa shape index (κ3) is 5.32. The summed E-state index contributed by atoms with van der Waals surface area (Å²) < 4.78 is 31.4. The van der Waals surface area contributed by atoms with Gasteiger partial charge in [0.05, 0.1) is 24.4 Å². The number of thiazole rings is 1. The number of rotatable bonds is 7. The molecule has 2 aromatic rings. The van der Waals surface area contributed by atoms with Crippen LogP contribution in [0.5, 0.6) is 5.75 Å². The Balaban J connectivity index is 1.50. The topological polar surface area (TPSA) is 113 Å². The van der Waals surface area contributed by atoms with E-state index in [1.165, 1.54) is 16.2 Å². The van der Waals surface area contributed by atoms with Crippen molar-refractivity contribution in [3.63, 3.8) is 0 Å². The molecule has 1 aromatic heterocycles. The Morgan fingerprint density at radius 1 is 1.38 bits per heavy atom. The first kappa shape index (κ1) is 24.8. The van der Waals surface area contributed by atoms with Gasteiger partial charge in [-0.05, 0) is 31.5 Å². The van der Waals surface area contributed by atoms with Crippen LogP contribution in [0.3, 0.4) is 0 Å². The van der Waals surface area contributed by atoms with Crippen molar-refractivity contribution in [3.05, 3.63) is 33.6 Å². The summed E-state index contributed by atoms with van der Waals surface area (Å²) in [6.07, 6.45) is 2.03. The van der Waals surface area contributed by atoms with E-state index in [4.69, 9.17) is 15.5 Å². The number of hydrogen-bond acceptors (Lipinski definition) is 7. The molecule has 0 radical (unpaired) electrons. The quantitative estimate of drug-likeness (QED) is 0.457. The molecule has 2 aliphatic heterocycles. The zero-order valence-corrected chi connectivity index (χ0v) is 21.7. The second-order valence-electron chi connectivity index (χ2n) is 9.02. The highest BCUT2D eigenvalue weighted by Gasteiger charge is 2.31. The molecule has 0 spiro atoms. The van der Waals surface area contributed by atoms with Gasteiger partial charge in [-0.2, -0.15) is 0 Å². The van der Waals surface area contributed by atoms with Crippen LogP contribution in [0.1, 0.15) is 35.2 Å². The SMILES string of the molecule is CC(C)N=C(N=CN)c1nc2c(s1)CCOc1cc(C3CN(CCS(=O)(=O)N(C)C)C3)ccc1-2. The van der Waals surface area contributed by atoms with Gasteiger partial charge in [-0.25, -0.2) is 22.7 Å². The zero-order valence-electron chi connectivity index (χ0n) is 20.1. The lowest BCUT2D eigenvalue weighted by molar-refractivity contribution is 0.157. The third-order valence-electron chi connectivity index (χ3n) is 5.96. The zero-order chi connectivity index (χ0) is 24.5. The van der Waals surface area contributed by atoms with Crippen molar-refractivity contribution >= 4 is 33.5 Å². The molecule has 0 aliphatic carbocycles. The minimum atomic E-state index is -3.17. The largest absolute Gasteiger partial charge is 0.492 e. The van der Waals surface area contributed by atoms with Gasteiger partial charge in [0.15, 0.2) is 10.8 Å². The molecule has 1 saturated heterocycles. The van der Waals surface area contributed by atoms with E-state index in [1.807, 2.05) is 13.8 Å². The summed E-state index contributed by atoms with van der Waals surface area (Å²) in [4.78, 5) is 17.0. The molecular weight excluding hydrogens is 472 g/mol. The number of aliphatic imine (C=N–C) groups is 2. The van der Waals surface area contributed by atoms with Gasteiger partial charge in [0, 0.05) is 62.6 Å². The first-order chi connectivity index (χ1) is 16.2. The Labute approximate surface area is 205 Å². The molecular formula is C23H32N6O3S2. The van der Waals surface area contributed by atoms with Gasteiger partial charge >= 0.3 is 0 Å². The van der Waals surface area contributed by atoms with E-state index in [0.717, 1.165) is 46.4 Å². The molecule has 184 valence electrons. The van der Waals surface area contributed by atoms with Gasteiger partial charge < -0.3 is 15.4 Å². The Morgan fingerprint density at radius 3 is 2.82 bits per heavy atom. The van der Waals surface area contributed by atoms with Crippen LogP contribution in [0, 0.1) is 0 Å². The summed E-state index contributed by atoms with van der Waals surface area (Å²) in [5.41, 5.74) is 8.65. The maximum absolute atomic E-state index is 12.0. The van der Waals surface area contributed by atoms with Crippen LogP contribution >= 0.6 is 11.3 Å². The van der Waals surface area contributed by atoms with Crippen molar-refractivity contribution in [2.24, 2.45) is 15.7 Å². The van der Waals surface area contributed by atoms with E-state index in [2.05, 4.69) is 33.1 Å². The minimum absolute atomic E-state index is 0.0885. The number of fused-ring (bicyclic) bond motifs is 3. The van der Waals surface area contributed by atoms with Crippen molar-refractivity contribution in [3.8, 4) is 17.0 Å². The molecule has 3 heterocycles. The van der Waals surface area contributed by atoms with E-state index in [1.54, 1.807) is 25.4 Å². The maximum atomic E-state index is 12.0. The lowest BCUT2D eigenvalue weighted by Crippen LogP contribution is -2.47. The van der Waals surface area contributed by atoms with Crippen LogP contribution in [0.15, 0.2) is 28.2 Å². The Hall–Kier alpha value is -2.34. The Morgan fingerprint density at radius 2 is 2.15 bits per heavy atom. The second kappa shape index (κ2) is 10.1. The normalized spacial score (nSPS) is 17.5. The highest BCUT2D eigenvalue weighted by Crippen LogP contribution is 2.40. The number of nitrogens with two attached hydrogens (primary N) is 1. The molecule has 2 N–H and O–H groups in total. The highest BCUT2D eigenvalue weighted by molar-refractivity contribution is 7.89. The molecule has 0 atom stereocenters. The summed E-state index contributed by atoms with van der Waals surface area (Å²) in [6, 6.07) is 6.42. The fourth-order valence-electron chi connectivity index (χ4n) is 4.04. The van der Waals surface area contributed by atoms with Gasteiger partial charge in [0.2, 0.25) is 10.0 Å². The van der Waals surface area contributed by atoms with Gasteiger partial charge in [0.25, 0.3) is 0 Å². The van der Waals surface area contributed by atoms with E-state index < -0.39 is 10.0 Å². The van der Waals surface area contributed by atoms with Crippen LogP contribution in [0.25, 0.3) is 11.3 Å². The number of hydrogen-bond donors (Lipinski definition) is 1. The van der Waals surface area contributed by atoms with Crippen LogP contribution in [0.4, 0.5) is 0 Å². The standard InChI is InChI=1S/C23H32N6O3S2/c1-15(2)26-22(25-14-24)23-27-21-18-6-5-16(11-19(18)32-9-7-20(21)33-23)17-12-29(13-17)8-10-34(30,31)28(3)4/h5-6,11,14-15,17H,7-10,12-13H2,1-4H3,(H2,24,25,26). The summed E-state index contributed by atoms with van der Waals surface area (Å²) >= 11 is 1.59. The fraction of sp³-hybridized carbons (Fsp3) is 0.522. The van der Waals surface area contributed by atoms with Crippen LogP contribution in [0.2, 0.25) is 0 Å². The smallest absolute Gasteiger partial charge is 0.214 e. The first-order valence-electron chi connectivity index (χ1n) is 11.4. The summed E-state index contributed by atoms with van der Waals surface area (Å²) in [6.45, 7) is 6.83. The fourth-order valence-corrected chi connectivity index (χ4v) is 5.90. The first-order valence-corrected chi connectivity index (χ1v) is 13.8. The van der Waals surface area contributed by atoms with E-state index in [9.17, 15) is 8.42 Å².